The quantitative estimate of drug-likeness (QED) is 0.605. The number of carbonyl (C=O) groups is 2. The molecule has 1 aliphatic rings. The minimum Gasteiger partial charge on any atom is -0.354 e. The van der Waals surface area contributed by atoms with Crippen molar-refractivity contribution in [2.24, 2.45) is 11.7 Å². The van der Waals surface area contributed by atoms with Crippen LogP contribution in [0.5, 0.6) is 0 Å². The van der Waals surface area contributed by atoms with Crippen molar-refractivity contribution < 1.29 is 9.59 Å². The first-order valence-electron chi connectivity index (χ1n) is 8.38. The summed E-state index contributed by atoms with van der Waals surface area (Å²) in [5.41, 5.74) is 5.89. The van der Waals surface area contributed by atoms with Gasteiger partial charge in [-0.05, 0) is 25.3 Å². The number of thiazole rings is 1. The summed E-state index contributed by atoms with van der Waals surface area (Å²) in [4.78, 5) is 28.0. The summed E-state index contributed by atoms with van der Waals surface area (Å²) in [6, 6.07) is 0. The van der Waals surface area contributed by atoms with Gasteiger partial charge in [0, 0.05) is 31.3 Å². The number of nitrogens with zero attached hydrogens (tertiary/aromatic N) is 1. The number of halogens is 1. The molecule has 6 nitrogen and oxygen atoms in total. The first-order valence-corrected chi connectivity index (χ1v) is 9.26. The van der Waals surface area contributed by atoms with Gasteiger partial charge in [0.05, 0.1) is 5.01 Å². The van der Waals surface area contributed by atoms with Gasteiger partial charge in [-0.15, -0.1) is 23.7 Å². The second-order valence-electron chi connectivity index (χ2n) is 5.98. The van der Waals surface area contributed by atoms with Gasteiger partial charge < -0.3 is 16.4 Å². The van der Waals surface area contributed by atoms with Crippen LogP contribution in [-0.2, 0) is 11.2 Å². The zero-order chi connectivity index (χ0) is 16.5. The fourth-order valence-corrected chi connectivity index (χ4v) is 3.64. The van der Waals surface area contributed by atoms with E-state index in [2.05, 4.69) is 15.6 Å². The Kier molecular flexibility index (Phi) is 9.90. The summed E-state index contributed by atoms with van der Waals surface area (Å²) in [6.45, 7) is 1.40. The van der Waals surface area contributed by atoms with E-state index in [1.54, 1.807) is 5.38 Å². The molecule has 1 aliphatic carbocycles. The van der Waals surface area contributed by atoms with E-state index >= 15 is 0 Å². The Morgan fingerprint density at radius 2 is 1.92 bits per heavy atom. The van der Waals surface area contributed by atoms with E-state index in [0.717, 1.165) is 5.01 Å². The molecule has 0 unspecified atom stereocenters. The molecule has 0 aromatic carbocycles. The molecular weight excluding hydrogens is 348 g/mol. The maximum Gasteiger partial charge on any atom is 0.270 e. The summed E-state index contributed by atoms with van der Waals surface area (Å²) in [5.74, 6) is 0.422. The lowest BCUT2D eigenvalue weighted by Gasteiger charge is -2.20. The van der Waals surface area contributed by atoms with Crippen LogP contribution in [0.3, 0.4) is 0 Å². The second kappa shape index (κ2) is 11.4. The molecule has 2 rings (SSSR count). The highest BCUT2D eigenvalue weighted by molar-refractivity contribution is 7.09. The zero-order valence-electron chi connectivity index (χ0n) is 13.9. The Hall–Kier alpha value is -1.18. The van der Waals surface area contributed by atoms with Crippen molar-refractivity contribution in [3.8, 4) is 0 Å². The molecule has 1 aromatic rings. The molecule has 0 bridgehead atoms. The average Bonchev–Trinajstić information content (AvgIpc) is 3.01. The molecule has 0 saturated heterocycles. The van der Waals surface area contributed by atoms with Crippen molar-refractivity contribution in [1.82, 2.24) is 15.6 Å². The molecule has 24 heavy (non-hydrogen) atoms. The minimum atomic E-state index is -0.203. The van der Waals surface area contributed by atoms with Crippen molar-refractivity contribution in [3.05, 3.63) is 16.1 Å². The first-order chi connectivity index (χ1) is 11.2. The van der Waals surface area contributed by atoms with Crippen LogP contribution >= 0.6 is 23.7 Å². The number of hydrogen-bond acceptors (Lipinski definition) is 5. The van der Waals surface area contributed by atoms with Crippen LogP contribution in [0, 0.1) is 5.92 Å². The van der Waals surface area contributed by atoms with Crippen LogP contribution in [0.1, 0.15) is 54.0 Å². The number of nitrogens with two attached hydrogens (primary N) is 1. The molecule has 0 spiro atoms. The fraction of sp³-hybridized carbons (Fsp3) is 0.688. The summed E-state index contributed by atoms with van der Waals surface area (Å²) in [5, 5.41) is 8.26. The summed E-state index contributed by atoms with van der Waals surface area (Å²) in [7, 11) is 0. The maximum atomic E-state index is 11.9. The Balaban J connectivity index is 0.00000288. The van der Waals surface area contributed by atoms with Crippen LogP contribution in [-0.4, -0.2) is 36.4 Å². The van der Waals surface area contributed by atoms with Gasteiger partial charge in [-0.2, -0.15) is 0 Å². The predicted molar refractivity (Wildman–Crippen MR) is 98.7 cm³/mol. The first kappa shape index (κ1) is 20.9. The summed E-state index contributed by atoms with van der Waals surface area (Å²) < 4.78 is 0. The average molecular weight is 375 g/mol. The highest BCUT2D eigenvalue weighted by Crippen LogP contribution is 2.25. The normalized spacial score (nSPS) is 14.7. The number of amides is 2. The van der Waals surface area contributed by atoms with Crippen LogP contribution in [0.15, 0.2) is 5.38 Å². The van der Waals surface area contributed by atoms with Gasteiger partial charge >= 0.3 is 0 Å². The molecule has 0 atom stereocenters. The third-order valence-corrected chi connectivity index (χ3v) is 4.98. The van der Waals surface area contributed by atoms with E-state index in [0.29, 0.717) is 44.1 Å². The predicted octanol–water partition coefficient (Wildman–Crippen LogP) is 1.88. The number of rotatable bonds is 8. The Morgan fingerprint density at radius 1 is 1.21 bits per heavy atom. The van der Waals surface area contributed by atoms with Gasteiger partial charge in [0.2, 0.25) is 5.91 Å². The zero-order valence-corrected chi connectivity index (χ0v) is 15.5. The summed E-state index contributed by atoms with van der Waals surface area (Å²) >= 11 is 1.44. The number of carbonyl (C=O) groups excluding carboxylic acids is 2. The van der Waals surface area contributed by atoms with Crippen molar-refractivity contribution >= 4 is 35.6 Å². The molecule has 1 heterocycles. The lowest BCUT2D eigenvalue weighted by Crippen LogP contribution is -2.35. The van der Waals surface area contributed by atoms with Crippen molar-refractivity contribution in [2.45, 2.75) is 44.9 Å². The van der Waals surface area contributed by atoms with Gasteiger partial charge in [-0.25, -0.2) is 4.98 Å². The smallest absolute Gasteiger partial charge is 0.270 e. The van der Waals surface area contributed by atoms with Crippen molar-refractivity contribution in [2.75, 3.05) is 19.6 Å². The van der Waals surface area contributed by atoms with Gasteiger partial charge in [-0.3, -0.25) is 9.59 Å². The highest BCUT2D eigenvalue weighted by Gasteiger charge is 2.16. The molecule has 1 fully saturated rings. The SMILES string of the molecule is Cl.NCCc1nc(C(=O)NCCNC(=O)CC2CCCCC2)cs1. The van der Waals surface area contributed by atoms with Crippen molar-refractivity contribution in [3.63, 3.8) is 0 Å². The molecule has 1 aromatic heterocycles. The van der Waals surface area contributed by atoms with Crippen LogP contribution in [0.4, 0.5) is 0 Å². The largest absolute Gasteiger partial charge is 0.354 e. The van der Waals surface area contributed by atoms with E-state index in [1.807, 2.05) is 0 Å². The molecule has 0 radical (unpaired) electrons. The maximum absolute atomic E-state index is 11.9. The van der Waals surface area contributed by atoms with Crippen LogP contribution < -0.4 is 16.4 Å². The molecule has 4 N–H and O–H groups in total. The van der Waals surface area contributed by atoms with Gasteiger partial charge in [0.25, 0.3) is 5.91 Å². The topological polar surface area (TPSA) is 97.1 Å². The third-order valence-electron chi connectivity index (χ3n) is 4.07. The molecule has 2 amide bonds. The number of nitrogens with one attached hydrogen (secondary N) is 2. The van der Waals surface area contributed by atoms with E-state index in [9.17, 15) is 9.59 Å². The van der Waals surface area contributed by atoms with Gasteiger partial charge in [-0.1, -0.05) is 19.3 Å². The van der Waals surface area contributed by atoms with Gasteiger partial charge in [0.15, 0.2) is 0 Å². The van der Waals surface area contributed by atoms with E-state index in [1.165, 1.54) is 43.4 Å². The minimum absolute atomic E-state index is 0. The monoisotopic (exact) mass is 374 g/mol. The van der Waals surface area contributed by atoms with Crippen LogP contribution in [0.25, 0.3) is 0 Å². The van der Waals surface area contributed by atoms with Crippen molar-refractivity contribution in [1.29, 1.82) is 0 Å². The van der Waals surface area contributed by atoms with E-state index in [-0.39, 0.29) is 24.2 Å². The molecule has 0 aliphatic heterocycles. The van der Waals surface area contributed by atoms with E-state index < -0.39 is 0 Å². The lowest BCUT2D eigenvalue weighted by atomic mass is 9.87. The number of aromatic nitrogens is 1. The molecule has 8 heteroatoms. The number of hydrogen-bond donors (Lipinski definition) is 3. The van der Waals surface area contributed by atoms with E-state index in [4.69, 9.17) is 5.73 Å². The Labute approximate surface area is 153 Å². The Bertz CT molecular complexity index is 518. The second-order valence-corrected chi connectivity index (χ2v) is 6.92. The standard InChI is InChI=1S/C16H26N4O2S.ClH/c17-7-6-15-20-13(11-23-15)16(22)19-9-8-18-14(21)10-12-4-2-1-3-5-12;/h11-12H,1-10,17H2,(H,18,21)(H,19,22);1H. The summed E-state index contributed by atoms with van der Waals surface area (Å²) in [6.07, 6.45) is 7.42. The molecule has 136 valence electrons. The Morgan fingerprint density at radius 3 is 2.62 bits per heavy atom. The van der Waals surface area contributed by atoms with Gasteiger partial charge in [0.1, 0.15) is 5.69 Å². The lowest BCUT2D eigenvalue weighted by molar-refractivity contribution is -0.122. The fourth-order valence-electron chi connectivity index (χ4n) is 2.85. The molecule has 1 saturated carbocycles. The highest BCUT2D eigenvalue weighted by atomic mass is 35.5. The molecular formula is C16H27ClN4O2S. The van der Waals surface area contributed by atoms with Crippen LogP contribution in [0.2, 0.25) is 0 Å². The third kappa shape index (κ3) is 7.15.